The number of sulfonamides is 1. The Balaban J connectivity index is 1.68. The molecule has 0 unspecified atom stereocenters. The highest BCUT2D eigenvalue weighted by Gasteiger charge is 2.24. The van der Waals surface area contributed by atoms with E-state index in [1.54, 1.807) is 29.2 Å². The average molecular weight is 355 g/mol. The van der Waals surface area contributed by atoms with E-state index in [4.69, 9.17) is 6.57 Å². The summed E-state index contributed by atoms with van der Waals surface area (Å²) in [6.07, 6.45) is 6.88. The van der Waals surface area contributed by atoms with E-state index < -0.39 is 10.0 Å². The third-order valence-electron chi connectivity index (χ3n) is 4.45. The molecule has 1 saturated carbocycles. The van der Waals surface area contributed by atoms with Gasteiger partial charge in [0.15, 0.2) is 0 Å². The average Bonchev–Trinajstić information content (AvgIpc) is 3.09. The Bertz CT molecular complexity index is 1100. The number of fused-ring (bicyclic) bond motifs is 1. The molecule has 8 heteroatoms. The summed E-state index contributed by atoms with van der Waals surface area (Å²) in [5, 5.41) is 4.88. The number of aryl methyl sites for hydroxylation is 1. The van der Waals surface area contributed by atoms with E-state index in [1.165, 1.54) is 19.0 Å². The maximum Gasteiger partial charge on any atom is 0.265 e. The summed E-state index contributed by atoms with van der Waals surface area (Å²) in [4.78, 5) is 6.62. The molecule has 2 aromatic heterocycles. The Labute approximate surface area is 145 Å². The van der Waals surface area contributed by atoms with Crippen molar-refractivity contribution in [2.24, 2.45) is 5.92 Å². The first-order valence-electron chi connectivity index (χ1n) is 8.01. The molecule has 3 aromatic rings. The highest BCUT2D eigenvalue weighted by molar-refractivity contribution is 7.92. The van der Waals surface area contributed by atoms with Crippen molar-refractivity contribution < 1.29 is 8.42 Å². The van der Waals surface area contributed by atoms with Gasteiger partial charge < -0.3 is 4.98 Å². The van der Waals surface area contributed by atoms with Crippen LogP contribution in [0.1, 0.15) is 18.4 Å². The Morgan fingerprint density at radius 3 is 2.96 bits per heavy atom. The van der Waals surface area contributed by atoms with Gasteiger partial charge in [0.05, 0.1) is 24.0 Å². The van der Waals surface area contributed by atoms with Crippen LogP contribution in [0, 0.1) is 19.4 Å². The van der Waals surface area contributed by atoms with Crippen LogP contribution >= 0.6 is 0 Å². The van der Waals surface area contributed by atoms with E-state index in [-0.39, 0.29) is 4.90 Å². The predicted molar refractivity (Wildman–Crippen MR) is 95.1 cm³/mol. The van der Waals surface area contributed by atoms with Crippen molar-refractivity contribution in [3.8, 4) is 0 Å². The summed E-state index contributed by atoms with van der Waals surface area (Å²) in [5.74, 6) is 0.617. The van der Waals surface area contributed by atoms with Crippen molar-refractivity contribution in [2.75, 3.05) is 4.72 Å². The molecule has 1 aromatic carbocycles. The normalized spacial score (nSPS) is 14.6. The van der Waals surface area contributed by atoms with Gasteiger partial charge in [-0.25, -0.2) is 13.3 Å². The summed E-state index contributed by atoms with van der Waals surface area (Å²) in [5.41, 5.74) is 2.43. The summed E-state index contributed by atoms with van der Waals surface area (Å²) in [6.45, 7) is 9.90. The van der Waals surface area contributed by atoms with Crippen LogP contribution in [0.4, 0.5) is 11.4 Å². The molecule has 2 N–H and O–H groups in total. The molecule has 2 heterocycles. The lowest BCUT2D eigenvalue weighted by molar-refractivity contribution is 0.561. The van der Waals surface area contributed by atoms with Crippen molar-refractivity contribution in [2.45, 2.75) is 31.2 Å². The molecular weight excluding hydrogens is 338 g/mol. The first kappa shape index (κ1) is 15.7. The fourth-order valence-electron chi connectivity index (χ4n) is 2.92. The topological polar surface area (TPSA) is 84.1 Å². The lowest BCUT2D eigenvalue weighted by Gasteiger charge is -2.09. The molecule has 0 spiro atoms. The van der Waals surface area contributed by atoms with E-state index in [9.17, 15) is 8.42 Å². The van der Waals surface area contributed by atoms with E-state index >= 15 is 0 Å². The summed E-state index contributed by atoms with van der Waals surface area (Å²) in [7, 11) is -3.74. The molecule has 0 aliphatic heterocycles. The van der Waals surface area contributed by atoms with Crippen LogP contribution < -0.4 is 4.72 Å². The minimum Gasteiger partial charge on any atom is -0.370 e. The van der Waals surface area contributed by atoms with Gasteiger partial charge in [-0.15, -0.1) is 0 Å². The standard InChI is InChI=1S/C17H17N5O2S/c1-11-3-6-14(17-16(11)15(18-2)8-19-17)21-25(23,24)13-7-20-22(10-13)9-12-4-5-12/h3,6-8,10,12,19,21H,4-5,9H2,1H3. The van der Waals surface area contributed by atoms with Gasteiger partial charge in [-0.05, 0) is 31.7 Å². The highest BCUT2D eigenvalue weighted by Crippen LogP contribution is 2.34. The van der Waals surface area contributed by atoms with Crippen LogP contribution in [-0.2, 0) is 16.6 Å². The monoisotopic (exact) mass is 355 g/mol. The number of nitrogens with zero attached hydrogens (tertiary/aromatic N) is 3. The molecule has 1 fully saturated rings. The second-order valence-corrected chi connectivity index (χ2v) is 8.10. The van der Waals surface area contributed by atoms with Gasteiger partial charge in [0.1, 0.15) is 4.90 Å². The molecule has 7 nitrogen and oxygen atoms in total. The van der Waals surface area contributed by atoms with Crippen molar-refractivity contribution in [3.63, 3.8) is 0 Å². The van der Waals surface area contributed by atoms with Crippen LogP contribution in [0.3, 0.4) is 0 Å². The number of hydrogen-bond donors (Lipinski definition) is 2. The fraction of sp³-hybridized carbons (Fsp3) is 0.294. The Morgan fingerprint density at radius 1 is 1.44 bits per heavy atom. The SMILES string of the molecule is [C-]#[N+]c1c[nH]c2c(NS(=O)(=O)c3cnn(CC4CC4)c3)ccc(C)c12. The zero-order valence-electron chi connectivity index (χ0n) is 13.7. The molecule has 0 saturated heterocycles. The lowest BCUT2D eigenvalue weighted by atomic mass is 10.1. The van der Waals surface area contributed by atoms with Gasteiger partial charge in [-0.3, -0.25) is 9.40 Å². The van der Waals surface area contributed by atoms with Gasteiger partial charge in [-0.2, -0.15) is 5.10 Å². The van der Waals surface area contributed by atoms with Gasteiger partial charge in [-0.1, -0.05) is 11.6 Å². The number of aromatic nitrogens is 3. The zero-order valence-corrected chi connectivity index (χ0v) is 14.5. The Morgan fingerprint density at radius 2 is 2.24 bits per heavy atom. The zero-order chi connectivity index (χ0) is 17.6. The van der Waals surface area contributed by atoms with E-state index in [0.29, 0.717) is 22.8 Å². The summed E-state index contributed by atoms with van der Waals surface area (Å²) in [6, 6.07) is 3.51. The van der Waals surface area contributed by atoms with Gasteiger partial charge in [0.2, 0.25) is 5.69 Å². The molecule has 0 atom stereocenters. The summed E-state index contributed by atoms with van der Waals surface area (Å²) >= 11 is 0. The molecule has 128 valence electrons. The van der Waals surface area contributed by atoms with E-state index in [2.05, 4.69) is 19.6 Å². The first-order chi connectivity index (χ1) is 12.0. The Kier molecular flexibility index (Phi) is 3.54. The number of rotatable bonds is 5. The second-order valence-electron chi connectivity index (χ2n) is 6.41. The van der Waals surface area contributed by atoms with Crippen LogP contribution in [0.25, 0.3) is 15.7 Å². The number of benzene rings is 1. The maximum atomic E-state index is 12.7. The highest BCUT2D eigenvalue weighted by atomic mass is 32.2. The molecule has 0 radical (unpaired) electrons. The van der Waals surface area contributed by atoms with Gasteiger partial charge in [0, 0.05) is 24.3 Å². The summed E-state index contributed by atoms with van der Waals surface area (Å²) < 4.78 is 29.7. The predicted octanol–water partition coefficient (Wildman–Crippen LogP) is 3.43. The van der Waals surface area contributed by atoms with Crippen LogP contribution in [0.15, 0.2) is 35.6 Å². The van der Waals surface area contributed by atoms with Gasteiger partial charge in [0.25, 0.3) is 10.0 Å². The molecular formula is C17H17N5O2S. The van der Waals surface area contributed by atoms with E-state index in [1.807, 2.05) is 6.92 Å². The minimum atomic E-state index is -3.74. The van der Waals surface area contributed by atoms with Crippen molar-refractivity contribution in [1.29, 1.82) is 0 Å². The molecule has 4 rings (SSSR count). The van der Waals surface area contributed by atoms with Crippen LogP contribution in [0.5, 0.6) is 0 Å². The number of anilines is 1. The number of nitrogens with one attached hydrogen (secondary N) is 2. The van der Waals surface area contributed by atoms with Gasteiger partial charge >= 0.3 is 0 Å². The third-order valence-corrected chi connectivity index (χ3v) is 5.77. The van der Waals surface area contributed by atoms with Crippen LogP contribution in [0.2, 0.25) is 0 Å². The maximum absolute atomic E-state index is 12.7. The lowest BCUT2D eigenvalue weighted by Crippen LogP contribution is -2.12. The van der Waals surface area contributed by atoms with Crippen LogP contribution in [-0.4, -0.2) is 23.2 Å². The minimum absolute atomic E-state index is 0.138. The third kappa shape index (κ3) is 2.87. The van der Waals surface area contributed by atoms with Crippen molar-refractivity contribution in [3.05, 3.63) is 47.7 Å². The molecule has 1 aliphatic rings. The molecule has 1 aliphatic carbocycles. The molecule has 0 bridgehead atoms. The quantitative estimate of drug-likeness (QED) is 0.688. The Hall–Kier alpha value is -2.79. The molecule has 0 amide bonds. The van der Waals surface area contributed by atoms with E-state index in [0.717, 1.165) is 17.5 Å². The van der Waals surface area contributed by atoms with Crippen molar-refractivity contribution in [1.82, 2.24) is 14.8 Å². The largest absolute Gasteiger partial charge is 0.370 e. The second kappa shape index (κ2) is 5.63. The number of aromatic amines is 1. The fourth-order valence-corrected chi connectivity index (χ4v) is 3.95. The van der Waals surface area contributed by atoms with Crippen molar-refractivity contribution >= 4 is 32.3 Å². The molecule has 25 heavy (non-hydrogen) atoms. The number of H-pyrrole nitrogens is 1. The first-order valence-corrected chi connectivity index (χ1v) is 9.49. The smallest absolute Gasteiger partial charge is 0.265 e. The number of hydrogen-bond acceptors (Lipinski definition) is 3.